The van der Waals surface area contributed by atoms with Crippen LogP contribution in [0, 0.1) is 6.92 Å². The summed E-state index contributed by atoms with van der Waals surface area (Å²) in [6.45, 7) is 7.65. The fraction of sp³-hybridized carbons (Fsp3) is 0.333. The van der Waals surface area contributed by atoms with Crippen molar-refractivity contribution in [3.63, 3.8) is 0 Å². The number of amides is 1. The number of phenols is 1. The molecular weight excluding hydrogens is 518 g/mol. The van der Waals surface area contributed by atoms with Gasteiger partial charge in [0.1, 0.15) is 5.75 Å². The van der Waals surface area contributed by atoms with Gasteiger partial charge in [0.25, 0.3) is 0 Å². The molecule has 6 nitrogen and oxygen atoms in total. The Morgan fingerprint density at radius 3 is 2.27 bits per heavy atom. The van der Waals surface area contributed by atoms with E-state index in [0.29, 0.717) is 17.7 Å². The Morgan fingerprint density at radius 2 is 1.57 bits per heavy atom. The summed E-state index contributed by atoms with van der Waals surface area (Å²) < 4.78 is 0.865. The lowest BCUT2D eigenvalue weighted by Gasteiger charge is -2.17. The van der Waals surface area contributed by atoms with Crippen LogP contribution in [0.4, 0.5) is 5.69 Å². The number of nitrogens with one attached hydrogen (secondary N) is 1. The van der Waals surface area contributed by atoms with Gasteiger partial charge in [0.05, 0.1) is 6.54 Å². The molecule has 3 heterocycles. The second-order valence-corrected chi connectivity index (χ2v) is 12.1. The zero-order valence-electron chi connectivity index (χ0n) is 22.9. The van der Waals surface area contributed by atoms with Crippen molar-refractivity contribution in [2.75, 3.05) is 38.0 Å². The SMILES string of the molecule is Cc1cc(C(=O)c2c(-c3ccc(NC(=O)CN4CCCC4)cc3)sc3cc(O)ccc23)ccc1CN1CCCC1. The first kappa shape index (κ1) is 26.7. The molecule has 2 fully saturated rings. The van der Waals surface area contributed by atoms with Crippen LogP contribution in [0.5, 0.6) is 5.75 Å². The molecule has 0 saturated carbocycles. The molecule has 206 valence electrons. The largest absolute Gasteiger partial charge is 0.508 e. The summed E-state index contributed by atoms with van der Waals surface area (Å²) in [5.41, 5.74) is 5.36. The van der Waals surface area contributed by atoms with E-state index in [4.69, 9.17) is 0 Å². The van der Waals surface area contributed by atoms with Crippen molar-refractivity contribution in [3.8, 4) is 16.2 Å². The summed E-state index contributed by atoms with van der Waals surface area (Å²) in [6.07, 6.45) is 4.81. The zero-order chi connectivity index (χ0) is 27.6. The van der Waals surface area contributed by atoms with Gasteiger partial charge in [0, 0.05) is 38.3 Å². The maximum absolute atomic E-state index is 14.1. The Kier molecular flexibility index (Phi) is 7.69. The van der Waals surface area contributed by atoms with Gasteiger partial charge in [-0.1, -0.05) is 24.3 Å². The first-order chi connectivity index (χ1) is 19.4. The van der Waals surface area contributed by atoms with Crippen molar-refractivity contribution in [2.24, 2.45) is 0 Å². The van der Waals surface area contributed by atoms with Crippen molar-refractivity contribution >= 4 is 38.8 Å². The fourth-order valence-corrected chi connectivity index (χ4v) is 7.14. The van der Waals surface area contributed by atoms with Crippen molar-refractivity contribution < 1.29 is 14.7 Å². The van der Waals surface area contributed by atoms with Gasteiger partial charge in [0.2, 0.25) is 5.91 Å². The van der Waals surface area contributed by atoms with E-state index in [1.54, 1.807) is 12.1 Å². The Hall–Kier alpha value is -3.52. The third-order valence-corrected chi connectivity index (χ3v) is 9.30. The van der Waals surface area contributed by atoms with Crippen LogP contribution in [0.2, 0.25) is 0 Å². The van der Waals surface area contributed by atoms with Crippen LogP contribution >= 0.6 is 11.3 Å². The number of hydrogen-bond donors (Lipinski definition) is 2. The maximum atomic E-state index is 14.1. The molecular formula is C33H35N3O3S. The van der Waals surface area contributed by atoms with Crippen LogP contribution in [0.15, 0.2) is 60.7 Å². The van der Waals surface area contributed by atoms with E-state index in [2.05, 4.69) is 28.1 Å². The molecule has 0 spiro atoms. The highest BCUT2D eigenvalue weighted by atomic mass is 32.1. The minimum atomic E-state index is -0.0224. The van der Waals surface area contributed by atoms with Crippen LogP contribution in [0.3, 0.4) is 0 Å². The topological polar surface area (TPSA) is 72.9 Å². The van der Waals surface area contributed by atoms with Crippen LogP contribution in [-0.4, -0.2) is 59.3 Å². The van der Waals surface area contributed by atoms with E-state index in [1.165, 1.54) is 29.7 Å². The van der Waals surface area contributed by atoms with Crippen LogP contribution in [0.1, 0.15) is 52.7 Å². The van der Waals surface area contributed by atoms with Gasteiger partial charge in [0.15, 0.2) is 5.78 Å². The van der Waals surface area contributed by atoms with E-state index in [0.717, 1.165) is 77.3 Å². The quantitative estimate of drug-likeness (QED) is 0.246. The molecule has 3 aromatic carbocycles. The molecule has 1 aromatic heterocycles. The molecule has 0 bridgehead atoms. The number of aromatic hydroxyl groups is 1. The van der Waals surface area contributed by atoms with Crippen molar-refractivity contribution in [3.05, 3.63) is 82.9 Å². The number of phenolic OH excluding ortho intramolecular Hbond substituents is 1. The smallest absolute Gasteiger partial charge is 0.238 e. The van der Waals surface area contributed by atoms with Gasteiger partial charge in [-0.2, -0.15) is 0 Å². The number of aryl methyl sites for hydroxylation is 1. The minimum absolute atomic E-state index is 0.00796. The van der Waals surface area contributed by atoms with Crippen LogP contribution < -0.4 is 5.32 Å². The molecule has 0 radical (unpaired) electrons. The summed E-state index contributed by atoms with van der Waals surface area (Å²) in [6, 6.07) is 19.0. The fourth-order valence-electron chi connectivity index (χ4n) is 5.90. The maximum Gasteiger partial charge on any atom is 0.238 e. The van der Waals surface area contributed by atoms with E-state index in [1.807, 2.05) is 42.5 Å². The number of thiophene rings is 1. The number of hydrogen-bond acceptors (Lipinski definition) is 6. The number of rotatable bonds is 8. The average Bonchev–Trinajstić information content (AvgIpc) is 3.71. The number of carbonyl (C=O) groups excluding carboxylic acids is 2. The summed E-state index contributed by atoms with van der Waals surface area (Å²) in [5, 5.41) is 14.0. The van der Waals surface area contributed by atoms with Gasteiger partial charge in [-0.3, -0.25) is 19.4 Å². The molecule has 2 aliphatic rings. The van der Waals surface area contributed by atoms with E-state index >= 15 is 0 Å². The molecule has 0 aliphatic carbocycles. The van der Waals surface area contributed by atoms with Crippen LogP contribution in [0.25, 0.3) is 20.5 Å². The Labute approximate surface area is 239 Å². The number of likely N-dealkylation sites (tertiary alicyclic amines) is 2. The molecule has 40 heavy (non-hydrogen) atoms. The highest BCUT2D eigenvalue weighted by Crippen LogP contribution is 2.41. The predicted molar refractivity (Wildman–Crippen MR) is 162 cm³/mol. The molecule has 2 saturated heterocycles. The third-order valence-electron chi connectivity index (χ3n) is 8.09. The Morgan fingerprint density at radius 1 is 0.875 bits per heavy atom. The van der Waals surface area contributed by atoms with Gasteiger partial charge in [-0.05, 0) is 112 Å². The monoisotopic (exact) mass is 553 g/mol. The highest BCUT2D eigenvalue weighted by molar-refractivity contribution is 7.22. The lowest BCUT2D eigenvalue weighted by molar-refractivity contribution is -0.117. The summed E-state index contributed by atoms with van der Waals surface area (Å²) >= 11 is 1.50. The summed E-state index contributed by atoms with van der Waals surface area (Å²) in [4.78, 5) is 32.1. The molecule has 2 N–H and O–H groups in total. The Bertz CT molecular complexity index is 1550. The number of ketones is 1. The predicted octanol–water partition coefficient (Wildman–Crippen LogP) is 6.44. The second kappa shape index (κ2) is 11.5. The first-order valence-electron chi connectivity index (χ1n) is 14.2. The molecule has 2 aliphatic heterocycles. The van der Waals surface area contributed by atoms with E-state index < -0.39 is 0 Å². The standard InChI is InChI=1S/C33H35N3O3S/c1-22-18-24(6-7-25(22)20-35-14-2-3-15-35)32(39)31-28-13-12-27(37)19-29(28)40-33(31)23-8-10-26(11-9-23)34-30(38)21-36-16-4-5-17-36/h6-13,18-19,37H,2-5,14-17,20-21H2,1H3,(H,34,38). The molecule has 1 amide bonds. The normalized spacial score (nSPS) is 16.1. The lowest BCUT2D eigenvalue weighted by atomic mass is 9.95. The number of carbonyl (C=O) groups is 2. The highest BCUT2D eigenvalue weighted by Gasteiger charge is 2.23. The molecule has 4 aromatic rings. The average molecular weight is 554 g/mol. The summed E-state index contributed by atoms with van der Waals surface area (Å²) in [7, 11) is 0. The van der Waals surface area contributed by atoms with Gasteiger partial charge >= 0.3 is 0 Å². The van der Waals surface area contributed by atoms with Crippen molar-refractivity contribution in [1.82, 2.24) is 9.80 Å². The molecule has 0 unspecified atom stereocenters. The first-order valence-corrected chi connectivity index (χ1v) is 15.0. The van der Waals surface area contributed by atoms with E-state index in [9.17, 15) is 14.7 Å². The number of fused-ring (bicyclic) bond motifs is 1. The second-order valence-electron chi connectivity index (χ2n) is 11.0. The lowest BCUT2D eigenvalue weighted by Crippen LogP contribution is -2.30. The Balaban J connectivity index is 1.28. The molecule has 7 heteroatoms. The van der Waals surface area contributed by atoms with Crippen LogP contribution in [-0.2, 0) is 11.3 Å². The number of anilines is 1. The van der Waals surface area contributed by atoms with E-state index in [-0.39, 0.29) is 17.4 Å². The number of benzene rings is 3. The molecule has 6 rings (SSSR count). The van der Waals surface area contributed by atoms with Crippen molar-refractivity contribution in [2.45, 2.75) is 39.2 Å². The summed E-state index contributed by atoms with van der Waals surface area (Å²) in [5.74, 6) is 0.148. The van der Waals surface area contributed by atoms with Crippen molar-refractivity contribution in [1.29, 1.82) is 0 Å². The zero-order valence-corrected chi connectivity index (χ0v) is 23.7. The van der Waals surface area contributed by atoms with Gasteiger partial charge < -0.3 is 10.4 Å². The van der Waals surface area contributed by atoms with Gasteiger partial charge in [-0.25, -0.2) is 0 Å². The minimum Gasteiger partial charge on any atom is -0.508 e. The molecule has 0 atom stereocenters. The third kappa shape index (κ3) is 5.68. The van der Waals surface area contributed by atoms with Gasteiger partial charge in [-0.15, -0.1) is 11.3 Å². The number of nitrogens with zero attached hydrogens (tertiary/aromatic N) is 2.